The van der Waals surface area contributed by atoms with E-state index in [-0.39, 0.29) is 22.9 Å². The molecule has 1 rings (SSSR count). The molecule has 0 radical (unpaired) electrons. The first-order chi connectivity index (χ1) is 8.69. The van der Waals surface area contributed by atoms with Crippen LogP contribution in [0.15, 0.2) is 18.2 Å². The van der Waals surface area contributed by atoms with Crippen LogP contribution in [0.4, 0.5) is 8.78 Å². The predicted octanol–water partition coefficient (Wildman–Crippen LogP) is 3.74. The number of amides is 1. The van der Waals surface area contributed by atoms with E-state index < -0.39 is 17.5 Å². The van der Waals surface area contributed by atoms with E-state index in [0.717, 1.165) is 18.2 Å². The summed E-state index contributed by atoms with van der Waals surface area (Å²) < 4.78 is 26.3. The maximum Gasteiger partial charge on any atom is 0.254 e. The van der Waals surface area contributed by atoms with Crippen LogP contribution >= 0.6 is 11.6 Å². The van der Waals surface area contributed by atoms with Crippen molar-refractivity contribution in [3.05, 3.63) is 35.4 Å². The molecule has 2 nitrogen and oxygen atoms in total. The molecule has 0 bridgehead atoms. The highest BCUT2D eigenvalue weighted by atomic mass is 35.5. The summed E-state index contributed by atoms with van der Waals surface area (Å²) in [5, 5.41) is 2.26. The number of alkyl halides is 1. The maximum absolute atomic E-state index is 13.4. The van der Waals surface area contributed by atoms with E-state index in [1.165, 1.54) is 0 Å². The van der Waals surface area contributed by atoms with Crippen molar-refractivity contribution in [2.75, 3.05) is 6.54 Å². The second-order valence-electron chi connectivity index (χ2n) is 5.70. The molecule has 0 spiro atoms. The minimum atomic E-state index is -0.749. The van der Waals surface area contributed by atoms with Gasteiger partial charge in [-0.2, -0.15) is 0 Å². The third kappa shape index (κ3) is 5.55. The van der Waals surface area contributed by atoms with Gasteiger partial charge in [0.25, 0.3) is 5.91 Å². The third-order valence-corrected chi connectivity index (χ3v) is 2.80. The van der Waals surface area contributed by atoms with Crippen LogP contribution in [0.3, 0.4) is 0 Å². The topological polar surface area (TPSA) is 29.1 Å². The highest BCUT2D eigenvalue weighted by Crippen LogP contribution is 2.23. The number of rotatable bonds is 4. The molecule has 1 N–H and O–H groups in total. The molecule has 106 valence electrons. The van der Waals surface area contributed by atoms with Gasteiger partial charge < -0.3 is 5.32 Å². The van der Waals surface area contributed by atoms with Crippen molar-refractivity contribution in [3.8, 4) is 0 Å². The van der Waals surface area contributed by atoms with Gasteiger partial charge in [0.05, 0.1) is 10.9 Å². The maximum atomic E-state index is 13.4. The van der Waals surface area contributed by atoms with Crippen LogP contribution in [-0.4, -0.2) is 17.8 Å². The molecular formula is C14H18ClF2NO. The molecule has 19 heavy (non-hydrogen) atoms. The number of halogens is 3. The van der Waals surface area contributed by atoms with Gasteiger partial charge in [-0.15, -0.1) is 11.6 Å². The number of carbonyl (C=O) groups excluding carboxylic acids is 1. The van der Waals surface area contributed by atoms with Gasteiger partial charge in [-0.05, 0) is 30.0 Å². The molecule has 1 amide bonds. The second kappa shape index (κ2) is 6.33. The Labute approximate surface area is 117 Å². The lowest BCUT2D eigenvalue weighted by Crippen LogP contribution is -2.32. The van der Waals surface area contributed by atoms with Gasteiger partial charge in [0, 0.05) is 6.54 Å². The zero-order valence-corrected chi connectivity index (χ0v) is 12.0. The van der Waals surface area contributed by atoms with E-state index in [2.05, 4.69) is 5.32 Å². The van der Waals surface area contributed by atoms with Crippen molar-refractivity contribution >= 4 is 17.5 Å². The van der Waals surface area contributed by atoms with Crippen LogP contribution < -0.4 is 5.32 Å². The van der Waals surface area contributed by atoms with Gasteiger partial charge in [0.15, 0.2) is 0 Å². The minimum absolute atomic E-state index is 0.0429. The fourth-order valence-corrected chi connectivity index (χ4v) is 2.25. The average molecular weight is 290 g/mol. The number of hydrogen-bond donors (Lipinski definition) is 1. The van der Waals surface area contributed by atoms with Crippen LogP contribution in [0.1, 0.15) is 37.6 Å². The Kier molecular flexibility index (Phi) is 5.29. The highest BCUT2D eigenvalue weighted by Gasteiger charge is 2.18. The summed E-state index contributed by atoms with van der Waals surface area (Å²) in [7, 11) is 0. The zero-order valence-electron chi connectivity index (χ0n) is 11.3. The Bertz CT molecular complexity index is 457. The molecule has 0 heterocycles. The minimum Gasteiger partial charge on any atom is -0.350 e. The monoisotopic (exact) mass is 289 g/mol. The summed E-state index contributed by atoms with van der Waals surface area (Å²) >= 11 is 6.09. The molecule has 0 fully saturated rings. The molecule has 1 unspecified atom stereocenters. The number of carbonyl (C=O) groups is 1. The normalized spacial score (nSPS) is 13.2. The molecular weight excluding hydrogens is 272 g/mol. The molecule has 5 heteroatoms. The Morgan fingerprint density at radius 3 is 2.58 bits per heavy atom. The van der Waals surface area contributed by atoms with Gasteiger partial charge in [0.1, 0.15) is 11.6 Å². The molecule has 0 aliphatic rings. The molecule has 0 aliphatic heterocycles. The molecule has 0 saturated carbocycles. The summed E-state index contributed by atoms with van der Waals surface area (Å²) in [4.78, 5) is 11.7. The summed E-state index contributed by atoms with van der Waals surface area (Å²) in [6.45, 7) is 6.33. The second-order valence-corrected chi connectivity index (χ2v) is 6.31. The molecule has 0 aliphatic carbocycles. The Balaban J connectivity index is 2.58. The highest BCUT2D eigenvalue weighted by molar-refractivity contribution is 6.21. The van der Waals surface area contributed by atoms with E-state index in [9.17, 15) is 13.6 Å². The SMILES string of the molecule is CC(C)(C)CC(Cl)CNC(=O)c1cc(F)ccc1F. The third-order valence-electron chi connectivity index (χ3n) is 2.49. The smallest absolute Gasteiger partial charge is 0.254 e. The summed E-state index contributed by atoms with van der Waals surface area (Å²) in [5.41, 5.74) is -0.263. The van der Waals surface area contributed by atoms with Gasteiger partial charge in [-0.3, -0.25) is 4.79 Å². The van der Waals surface area contributed by atoms with Crippen LogP contribution in [0.2, 0.25) is 0 Å². The zero-order chi connectivity index (χ0) is 14.6. The first kappa shape index (κ1) is 15.9. The quantitative estimate of drug-likeness (QED) is 0.841. The Morgan fingerprint density at radius 2 is 2.00 bits per heavy atom. The van der Waals surface area contributed by atoms with Crippen LogP contribution in [0, 0.1) is 17.0 Å². The molecule has 1 aromatic rings. The average Bonchev–Trinajstić information content (AvgIpc) is 2.27. The Hall–Kier alpha value is -1.16. The van der Waals surface area contributed by atoms with E-state index in [1.807, 2.05) is 20.8 Å². The van der Waals surface area contributed by atoms with Crippen molar-refractivity contribution in [1.29, 1.82) is 0 Å². The largest absolute Gasteiger partial charge is 0.350 e. The fraction of sp³-hybridized carbons (Fsp3) is 0.500. The molecule has 1 atom stereocenters. The molecule has 1 aromatic carbocycles. The van der Waals surface area contributed by atoms with Crippen molar-refractivity contribution in [3.63, 3.8) is 0 Å². The first-order valence-corrected chi connectivity index (χ1v) is 6.50. The van der Waals surface area contributed by atoms with Gasteiger partial charge in [-0.1, -0.05) is 20.8 Å². The number of hydrogen-bond acceptors (Lipinski definition) is 1. The lowest BCUT2D eigenvalue weighted by molar-refractivity contribution is 0.0947. The first-order valence-electron chi connectivity index (χ1n) is 6.06. The lowest BCUT2D eigenvalue weighted by atomic mass is 9.90. The summed E-state index contributed by atoms with van der Waals surface area (Å²) in [6.07, 6.45) is 0.709. The Morgan fingerprint density at radius 1 is 1.37 bits per heavy atom. The molecule has 0 aromatic heterocycles. The summed E-state index contributed by atoms with van der Waals surface area (Å²) in [5.74, 6) is -2.05. The lowest BCUT2D eigenvalue weighted by Gasteiger charge is -2.22. The van der Waals surface area contributed by atoms with Gasteiger partial charge in [0.2, 0.25) is 0 Å². The standard InChI is InChI=1S/C14H18ClF2NO/c1-14(2,3)7-9(15)8-18-13(19)11-6-10(16)4-5-12(11)17/h4-6,9H,7-8H2,1-3H3,(H,18,19). The van der Waals surface area contributed by atoms with Crippen molar-refractivity contribution in [2.24, 2.45) is 5.41 Å². The fourth-order valence-electron chi connectivity index (χ4n) is 1.71. The molecule has 0 saturated heterocycles. The van der Waals surface area contributed by atoms with E-state index in [0.29, 0.717) is 6.42 Å². The van der Waals surface area contributed by atoms with E-state index in [1.54, 1.807) is 0 Å². The van der Waals surface area contributed by atoms with Crippen LogP contribution in [0.5, 0.6) is 0 Å². The number of nitrogens with one attached hydrogen (secondary N) is 1. The summed E-state index contributed by atoms with van der Waals surface area (Å²) in [6, 6.07) is 2.77. The van der Waals surface area contributed by atoms with Crippen molar-refractivity contribution in [2.45, 2.75) is 32.6 Å². The van der Waals surface area contributed by atoms with E-state index >= 15 is 0 Å². The predicted molar refractivity (Wildman–Crippen MR) is 72.4 cm³/mol. The van der Waals surface area contributed by atoms with Crippen molar-refractivity contribution in [1.82, 2.24) is 5.32 Å². The van der Waals surface area contributed by atoms with Crippen LogP contribution in [-0.2, 0) is 0 Å². The van der Waals surface area contributed by atoms with Gasteiger partial charge in [-0.25, -0.2) is 8.78 Å². The van der Waals surface area contributed by atoms with Gasteiger partial charge >= 0.3 is 0 Å². The van der Waals surface area contributed by atoms with Crippen molar-refractivity contribution < 1.29 is 13.6 Å². The van der Waals surface area contributed by atoms with E-state index in [4.69, 9.17) is 11.6 Å². The number of benzene rings is 1. The van der Waals surface area contributed by atoms with Crippen LogP contribution in [0.25, 0.3) is 0 Å².